The number of ether oxygens (including phenoxy) is 1. The highest BCUT2D eigenvalue weighted by molar-refractivity contribution is 5.80. The molecule has 0 spiro atoms. The zero-order valence-corrected chi connectivity index (χ0v) is 18.6. The molecule has 1 unspecified atom stereocenters. The predicted molar refractivity (Wildman–Crippen MR) is 122 cm³/mol. The molecule has 0 radical (unpaired) electrons. The number of nitrogens with one attached hydrogen (secondary N) is 1. The summed E-state index contributed by atoms with van der Waals surface area (Å²) in [7, 11) is 1.68. The van der Waals surface area contributed by atoms with Crippen LogP contribution in [0.2, 0.25) is 0 Å². The molecule has 0 saturated carbocycles. The summed E-state index contributed by atoms with van der Waals surface area (Å²) < 4.78 is 7.36. The average Bonchev–Trinajstić information content (AvgIpc) is 3.14. The molecule has 0 fully saturated rings. The summed E-state index contributed by atoms with van der Waals surface area (Å²) >= 11 is 0. The molecule has 0 aliphatic heterocycles. The van der Waals surface area contributed by atoms with E-state index in [1.54, 1.807) is 7.11 Å². The lowest BCUT2D eigenvalue weighted by Gasteiger charge is -2.17. The van der Waals surface area contributed by atoms with E-state index in [1.807, 2.05) is 50.5 Å². The summed E-state index contributed by atoms with van der Waals surface area (Å²) in [6, 6.07) is 7.85. The summed E-state index contributed by atoms with van der Waals surface area (Å²) in [5.74, 6) is 1.89. The Labute approximate surface area is 185 Å². The lowest BCUT2D eigenvalue weighted by molar-refractivity contribution is 0.408. The van der Waals surface area contributed by atoms with Gasteiger partial charge in [-0.25, -0.2) is 19.5 Å². The summed E-state index contributed by atoms with van der Waals surface area (Å²) in [6.07, 6.45) is 3.23. The molecular weight excluding hydrogens is 404 g/mol. The zero-order valence-electron chi connectivity index (χ0n) is 18.6. The smallest absolute Gasteiger partial charge is 0.171 e. The number of fused-ring (bicyclic) bond motifs is 1. The lowest BCUT2D eigenvalue weighted by Crippen LogP contribution is -2.16. The monoisotopic (exact) mass is 428 g/mol. The summed E-state index contributed by atoms with van der Waals surface area (Å²) in [4.78, 5) is 13.0. The molecule has 9 nitrogen and oxygen atoms in total. The van der Waals surface area contributed by atoms with E-state index in [0.29, 0.717) is 11.6 Å². The molecule has 3 aromatic heterocycles. The van der Waals surface area contributed by atoms with Gasteiger partial charge in [0.25, 0.3) is 0 Å². The number of benzene rings is 1. The second kappa shape index (κ2) is 8.15. The van der Waals surface area contributed by atoms with Crippen molar-refractivity contribution in [3.8, 4) is 23.1 Å². The van der Waals surface area contributed by atoms with E-state index >= 15 is 0 Å². The normalized spacial score (nSPS) is 11.9. The molecule has 162 valence electrons. The van der Waals surface area contributed by atoms with Gasteiger partial charge in [0.05, 0.1) is 24.4 Å². The number of aromatic nitrogens is 5. The van der Waals surface area contributed by atoms with Crippen molar-refractivity contribution < 1.29 is 4.74 Å². The molecule has 0 amide bonds. The molecular formula is C23H24N8O. The van der Waals surface area contributed by atoms with Gasteiger partial charge < -0.3 is 15.8 Å². The molecule has 32 heavy (non-hydrogen) atoms. The fourth-order valence-electron chi connectivity index (χ4n) is 3.88. The van der Waals surface area contributed by atoms with Crippen molar-refractivity contribution in [1.29, 1.82) is 5.26 Å². The van der Waals surface area contributed by atoms with Crippen LogP contribution in [0.4, 0.5) is 11.6 Å². The Morgan fingerprint density at radius 3 is 2.53 bits per heavy atom. The Morgan fingerprint density at radius 1 is 1.16 bits per heavy atom. The van der Waals surface area contributed by atoms with E-state index in [4.69, 9.17) is 20.6 Å². The quantitative estimate of drug-likeness (QED) is 0.492. The Kier molecular flexibility index (Phi) is 5.36. The van der Waals surface area contributed by atoms with E-state index < -0.39 is 0 Å². The number of hydrogen-bond donors (Lipinski definition) is 2. The number of nitrogen functional groups attached to an aromatic ring is 1. The van der Waals surface area contributed by atoms with Gasteiger partial charge in [0, 0.05) is 11.8 Å². The van der Waals surface area contributed by atoms with Gasteiger partial charge in [0.15, 0.2) is 5.82 Å². The van der Waals surface area contributed by atoms with Crippen LogP contribution in [0.5, 0.6) is 5.75 Å². The second-order valence-electron chi connectivity index (χ2n) is 7.71. The van der Waals surface area contributed by atoms with Gasteiger partial charge in [-0.2, -0.15) is 10.4 Å². The molecule has 4 rings (SSSR count). The van der Waals surface area contributed by atoms with Crippen molar-refractivity contribution in [2.45, 2.75) is 33.7 Å². The minimum Gasteiger partial charge on any atom is -0.496 e. The number of aryl methyl sites for hydroxylation is 3. The van der Waals surface area contributed by atoms with E-state index in [2.05, 4.69) is 27.4 Å². The Balaban J connectivity index is 1.84. The fourth-order valence-corrected chi connectivity index (χ4v) is 3.88. The highest BCUT2D eigenvalue weighted by Gasteiger charge is 2.19. The van der Waals surface area contributed by atoms with Crippen molar-refractivity contribution in [3.63, 3.8) is 0 Å². The third-order valence-electron chi connectivity index (χ3n) is 5.40. The zero-order chi connectivity index (χ0) is 23.0. The summed E-state index contributed by atoms with van der Waals surface area (Å²) in [5.41, 5.74) is 11.9. The highest BCUT2D eigenvalue weighted by Crippen LogP contribution is 2.33. The van der Waals surface area contributed by atoms with Crippen LogP contribution in [0.3, 0.4) is 0 Å². The van der Waals surface area contributed by atoms with Crippen molar-refractivity contribution in [2.75, 3.05) is 18.2 Å². The lowest BCUT2D eigenvalue weighted by atomic mass is 10.0. The molecule has 0 aliphatic rings. The average molecular weight is 429 g/mol. The third-order valence-corrected chi connectivity index (χ3v) is 5.40. The van der Waals surface area contributed by atoms with Crippen molar-refractivity contribution in [2.24, 2.45) is 0 Å². The maximum Gasteiger partial charge on any atom is 0.171 e. The molecule has 0 bridgehead atoms. The van der Waals surface area contributed by atoms with Crippen molar-refractivity contribution in [3.05, 3.63) is 58.8 Å². The first kappa shape index (κ1) is 21.1. The molecule has 9 heteroatoms. The largest absolute Gasteiger partial charge is 0.496 e. The molecule has 0 saturated heterocycles. The maximum atomic E-state index is 9.42. The Bertz CT molecular complexity index is 1350. The second-order valence-corrected chi connectivity index (χ2v) is 7.71. The molecule has 1 aromatic carbocycles. The Hall–Kier alpha value is -4.19. The van der Waals surface area contributed by atoms with E-state index in [-0.39, 0.29) is 17.4 Å². The number of nitrogens with zero attached hydrogens (tertiary/aromatic N) is 6. The molecule has 4 aromatic rings. The predicted octanol–water partition coefficient (Wildman–Crippen LogP) is 3.75. The summed E-state index contributed by atoms with van der Waals surface area (Å²) in [6.45, 7) is 7.99. The molecule has 1 atom stereocenters. The molecule has 3 heterocycles. The maximum absolute atomic E-state index is 9.42. The first-order valence-corrected chi connectivity index (χ1v) is 10.1. The van der Waals surface area contributed by atoms with Gasteiger partial charge in [-0.1, -0.05) is 0 Å². The first-order valence-electron chi connectivity index (χ1n) is 10.1. The van der Waals surface area contributed by atoms with E-state index in [0.717, 1.165) is 39.2 Å². The van der Waals surface area contributed by atoms with Gasteiger partial charge in [-0.05, 0) is 62.6 Å². The van der Waals surface area contributed by atoms with Crippen molar-refractivity contribution in [1.82, 2.24) is 24.6 Å². The van der Waals surface area contributed by atoms with Gasteiger partial charge >= 0.3 is 0 Å². The van der Waals surface area contributed by atoms with Crippen LogP contribution in [0, 0.1) is 32.1 Å². The van der Waals surface area contributed by atoms with Crippen LogP contribution < -0.4 is 15.8 Å². The topological polar surface area (TPSA) is 127 Å². The standard InChI is InChI=1S/C23H24N8O/c1-12-6-7-31-19(12)18(16-8-13(2)20(32-5)14(3)9-16)29-22(30-31)15(4)28-23-17(10-24)21(25)26-11-27-23/h6-9,11,15H,1-5H3,(H3,25,26,27,28). The van der Waals surface area contributed by atoms with Gasteiger partial charge in [0.2, 0.25) is 0 Å². The van der Waals surface area contributed by atoms with E-state index in [9.17, 15) is 5.26 Å². The number of nitriles is 1. The first-order chi connectivity index (χ1) is 15.3. The highest BCUT2D eigenvalue weighted by atomic mass is 16.5. The van der Waals surface area contributed by atoms with Gasteiger partial charge in [0.1, 0.15) is 35.3 Å². The number of anilines is 2. The fraction of sp³-hybridized carbons (Fsp3) is 0.261. The molecule has 0 aliphatic carbocycles. The Morgan fingerprint density at radius 2 is 1.88 bits per heavy atom. The number of hydrogen-bond acceptors (Lipinski definition) is 8. The van der Waals surface area contributed by atoms with E-state index in [1.165, 1.54) is 6.33 Å². The van der Waals surface area contributed by atoms with Crippen LogP contribution in [-0.2, 0) is 0 Å². The van der Waals surface area contributed by atoms with Crippen LogP contribution in [0.1, 0.15) is 41.0 Å². The SMILES string of the molecule is COc1c(C)cc(-c2nc(C(C)Nc3ncnc(N)c3C#N)nn3ccc(C)c23)cc1C. The summed E-state index contributed by atoms with van der Waals surface area (Å²) in [5, 5.41) is 17.3. The van der Waals surface area contributed by atoms with Crippen LogP contribution in [0.25, 0.3) is 16.8 Å². The third kappa shape index (κ3) is 3.56. The minimum absolute atomic E-state index is 0.125. The van der Waals surface area contributed by atoms with Gasteiger partial charge in [-0.15, -0.1) is 0 Å². The van der Waals surface area contributed by atoms with Crippen LogP contribution in [-0.4, -0.2) is 31.7 Å². The van der Waals surface area contributed by atoms with Gasteiger partial charge in [-0.3, -0.25) is 0 Å². The van der Waals surface area contributed by atoms with Crippen LogP contribution >= 0.6 is 0 Å². The number of methoxy groups -OCH3 is 1. The van der Waals surface area contributed by atoms with Crippen LogP contribution in [0.15, 0.2) is 30.7 Å². The number of nitrogens with two attached hydrogens (primary N) is 1. The van der Waals surface area contributed by atoms with Crippen molar-refractivity contribution >= 4 is 17.2 Å². The number of rotatable bonds is 5. The molecule has 3 N–H and O–H groups in total. The minimum atomic E-state index is -0.345.